The molecule has 3 nitrogen and oxygen atoms in total. The van der Waals surface area contributed by atoms with Crippen LogP contribution in [0.1, 0.15) is 11.1 Å². The second kappa shape index (κ2) is 6.02. The first-order valence-corrected chi connectivity index (χ1v) is 5.90. The molecule has 20 heavy (non-hydrogen) atoms. The Kier molecular flexibility index (Phi) is 4.16. The Labute approximate surface area is 115 Å². The molecule has 0 aromatic heterocycles. The molecular weight excluding hydrogens is 262 g/mol. The fourth-order valence-corrected chi connectivity index (χ4v) is 1.75. The van der Waals surface area contributed by atoms with E-state index < -0.39 is 11.6 Å². The number of nitriles is 1. The molecule has 0 unspecified atom stereocenters. The number of rotatable bonds is 4. The first-order chi connectivity index (χ1) is 9.63. The highest BCUT2D eigenvalue weighted by atomic mass is 19.1. The topological polar surface area (TPSA) is 45.0 Å². The fraction of sp³-hybridized carbons (Fsp3) is 0.133. The van der Waals surface area contributed by atoms with Crippen molar-refractivity contribution in [3.05, 3.63) is 59.2 Å². The van der Waals surface area contributed by atoms with Gasteiger partial charge in [-0.3, -0.25) is 0 Å². The highest BCUT2D eigenvalue weighted by molar-refractivity contribution is 5.48. The molecule has 0 fully saturated rings. The summed E-state index contributed by atoms with van der Waals surface area (Å²) in [7, 11) is 1.40. The summed E-state index contributed by atoms with van der Waals surface area (Å²) in [5.41, 5.74) is 1.30. The van der Waals surface area contributed by atoms with Gasteiger partial charge in [0.2, 0.25) is 0 Å². The molecule has 2 aromatic carbocycles. The summed E-state index contributed by atoms with van der Waals surface area (Å²) in [5.74, 6) is -0.842. The summed E-state index contributed by atoms with van der Waals surface area (Å²) in [5, 5.41) is 11.7. The van der Waals surface area contributed by atoms with E-state index in [1.165, 1.54) is 31.4 Å². The molecule has 0 saturated carbocycles. The third-order valence-electron chi connectivity index (χ3n) is 2.80. The first-order valence-electron chi connectivity index (χ1n) is 5.90. The molecule has 0 aliphatic heterocycles. The number of halogens is 2. The van der Waals surface area contributed by atoms with Crippen LogP contribution in [-0.2, 0) is 6.54 Å². The number of nitrogens with zero attached hydrogens (tertiary/aromatic N) is 1. The van der Waals surface area contributed by atoms with Crippen LogP contribution in [0.3, 0.4) is 0 Å². The van der Waals surface area contributed by atoms with Crippen molar-refractivity contribution in [2.75, 3.05) is 12.4 Å². The quantitative estimate of drug-likeness (QED) is 0.928. The summed E-state index contributed by atoms with van der Waals surface area (Å²) >= 11 is 0. The lowest BCUT2D eigenvalue weighted by molar-refractivity contribution is 0.386. The van der Waals surface area contributed by atoms with E-state index in [9.17, 15) is 8.78 Å². The average molecular weight is 274 g/mol. The first kappa shape index (κ1) is 13.8. The summed E-state index contributed by atoms with van der Waals surface area (Å²) in [6.45, 7) is 0.362. The molecule has 2 rings (SSSR count). The van der Waals surface area contributed by atoms with Gasteiger partial charge in [0, 0.05) is 18.3 Å². The van der Waals surface area contributed by atoms with Gasteiger partial charge in [0.25, 0.3) is 0 Å². The van der Waals surface area contributed by atoms with Gasteiger partial charge in [-0.25, -0.2) is 8.78 Å². The van der Waals surface area contributed by atoms with Crippen LogP contribution in [0.5, 0.6) is 5.75 Å². The van der Waals surface area contributed by atoms with Crippen LogP contribution in [0.2, 0.25) is 0 Å². The van der Waals surface area contributed by atoms with Crippen LogP contribution in [0.15, 0.2) is 36.4 Å². The van der Waals surface area contributed by atoms with Crippen LogP contribution in [0, 0.1) is 23.0 Å². The van der Waals surface area contributed by atoms with Gasteiger partial charge in [0.05, 0.1) is 12.7 Å². The van der Waals surface area contributed by atoms with E-state index in [4.69, 9.17) is 10.00 Å². The van der Waals surface area contributed by atoms with E-state index in [1.54, 1.807) is 18.2 Å². The van der Waals surface area contributed by atoms with E-state index in [2.05, 4.69) is 5.32 Å². The molecule has 0 atom stereocenters. The van der Waals surface area contributed by atoms with Gasteiger partial charge in [-0.05, 0) is 29.8 Å². The van der Waals surface area contributed by atoms with E-state index in [0.29, 0.717) is 12.2 Å². The molecule has 0 radical (unpaired) electrons. The Balaban J connectivity index is 2.09. The lowest BCUT2D eigenvalue weighted by atomic mass is 10.1. The second-order valence-corrected chi connectivity index (χ2v) is 4.13. The number of nitrogens with one attached hydrogen (secondary N) is 1. The number of anilines is 1. The maximum absolute atomic E-state index is 13.5. The molecule has 0 bridgehead atoms. The van der Waals surface area contributed by atoms with Crippen LogP contribution >= 0.6 is 0 Å². The number of methoxy groups -OCH3 is 1. The molecule has 102 valence electrons. The zero-order valence-electron chi connectivity index (χ0n) is 10.8. The molecule has 1 N–H and O–H groups in total. The Hall–Kier alpha value is -2.61. The molecular formula is C15H12F2N2O. The van der Waals surface area contributed by atoms with E-state index >= 15 is 0 Å². The summed E-state index contributed by atoms with van der Waals surface area (Å²) < 4.78 is 31.5. The molecule has 0 spiro atoms. The van der Waals surface area contributed by atoms with Gasteiger partial charge in [-0.1, -0.05) is 6.07 Å². The second-order valence-electron chi connectivity index (χ2n) is 4.13. The highest BCUT2D eigenvalue weighted by Gasteiger charge is 2.05. The standard InChI is InChI=1S/C15H12F2N2O/c1-20-15-5-3-12(7-14(15)17)19-9-10-2-4-13(16)11(6-10)8-18/h2-7,19H,9H2,1H3. The highest BCUT2D eigenvalue weighted by Crippen LogP contribution is 2.21. The lowest BCUT2D eigenvalue weighted by Crippen LogP contribution is -2.01. The van der Waals surface area contributed by atoms with E-state index in [1.807, 2.05) is 0 Å². The van der Waals surface area contributed by atoms with Crippen molar-refractivity contribution >= 4 is 5.69 Å². The van der Waals surface area contributed by atoms with Crippen LogP contribution in [0.25, 0.3) is 0 Å². The van der Waals surface area contributed by atoms with Crippen molar-refractivity contribution in [2.45, 2.75) is 6.54 Å². The van der Waals surface area contributed by atoms with Crippen LogP contribution in [0.4, 0.5) is 14.5 Å². The van der Waals surface area contributed by atoms with Crippen molar-refractivity contribution in [1.82, 2.24) is 0 Å². The fourth-order valence-electron chi connectivity index (χ4n) is 1.75. The molecule has 0 aliphatic rings. The maximum Gasteiger partial charge on any atom is 0.167 e. The molecule has 0 saturated heterocycles. The Morgan fingerprint density at radius 3 is 2.60 bits per heavy atom. The smallest absolute Gasteiger partial charge is 0.167 e. The monoisotopic (exact) mass is 274 g/mol. The van der Waals surface area contributed by atoms with E-state index in [0.717, 1.165) is 5.56 Å². The van der Waals surface area contributed by atoms with Crippen molar-refractivity contribution in [2.24, 2.45) is 0 Å². The Bertz CT molecular complexity index is 665. The minimum Gasteiger partial charge on any atom is -0.494 e. The van der Waals surface area contributed by atoms with Gasteiger partial charge < -0.3 is 10.1 Å². The van der Waals surface area contributed by atoms with Gasteiger partial charge >= 0.3 is 0 Å². The predicted molar refractivity (Wildman–Crippen MR) is 71.4 cm³/mol. The summed E-state index contributed by atoms with van der Waals surface area (Å²) in [4.78, 5) is 0. The number of hydrogen-bond donors (Lipinski definition) is 1. The summed E-state index contributed by atoms with van der Waals surface area (Å²) in [6, 6.07) is 10.6. The van der Waals surface area contributed by atoms with E-state index in [-0.39, 0.29) is 11.3 Å². The largest absolute Gasteiger partial charge is 0.494 e. The third-order valence-corrected chi connectivity index (χ3v) is 2.80. The molecule has 0 heterocycles. The minimum absolute atomic E-state index is 0.00906. The molecule has 2 aromatic rings. The zero-order valence-corrected chi connectivity index (χ0v) is 10.8. The Morgan fingerprint density at radius 2 is 1.95 bits per heavy atom. The third kappa shape index (κ3) is 3.04. The van der Waals surface area contributed by atoms with Crippen molar-refractivity contribution in [1.29, 1.82) is 5.26 Å². The lowest BCUT2D eigenvalue weighted by Gasteiger charge is -2.09. The summed E-state index contributed by atoms with van der Waals surface area (Å²) in [6.07, 6.45) is 0. The van der Waals surface area contributed by atoms with Crippen molar-refractivity contribution < 1.29 is 13.5 Å². The number of ether oxygens (including phenoxy) is 1. The normalized spacial score (nSPS) is 9.90. The minimum atomic E-state index is -0.549. The molecule has 5 heteroatoms. The van der Waals surface area contributed by atoms with Crippen molar-refractivity contribution in [3.63, 3.8) is 0 Å². The van der Waals surface area contributed by atoms with Gasteiger partial charge in [0.15, 0.2) is 11.6 Å². The zero-order chi connectivity index (χ0) is 14.5. The van der Waals surface area contributed by atoms with Gasteiger partial charge in [-0.2, -0.15) is 5.26 Å². The Morgan fingerprint density at radius 1 is 1.15 bits per heavy atom. The predicted octanol–water partition coefficient (Wildman–Crippen LogP) is 3.46. The van der Waals surface area contributed by atoms with Crippen LogP contribution < -0.4 is 10.1 Å². The molecule has 0 amide bonds. The number of hydrogen-bond acceptors (Lipinski definition) is 3. The van der Waals surface area contributed by atoms with Gasteiger partial charge in [-0.15, -0.1) is 0 Å². The van der Waals surface area contributed by atoms with Crippen LogP contribution in [-0.4, -0.2) is 7.11 Å². The maximum atomic E-state index is 13.5. The van der Waals surface area contributed by atoms with Gasteiger partial charge in [0.1, 0.15) is 11.9 Å². The SMILES string of the molecule is COc1ccc(NCc2ccc(F)c(C#N)c2)cc1F. The van der Waals surface area contributed by atoms with Crippen molar-refractivity contribution in [3.8, 4) is 11.8 Å². The average Bonchev–Trinajstić information content (AvgIpc) is 2.46. The molecule has 0 aliphatic carbocycles. The number of benzene rings is 2.